The van der Waals surface area contributed by atoms with Gasteiger partial charge in [-0.05, 0) is 52.1 Å². The molecule has 1 rings (SSSR count). The monoisotopic (exact) mass is 213 g/mol. The van der Waals surface area contributed by atoms with Crippen LogP contribution in [-0.2, 0) is 4.79 Å². The first-order valence-electron chi connectivity index (χ1n) is 5.92. The lowest BCUT2D eigenvalue weighted by molar-refractivity contribution is -0.127. The van der Waals surface area contributed by atoms with Gasteiger partial charge in [-0.1, -0.05) is 0 Å². The molecule has 0 bridgehead atoms. The van der Waals surface area contributed by atoms with Crippen LogP contribution in [0, 0.1) is 0 Å². The Bertz CT molecular complexity index is 200. The second kappa shape index (κ2) is 6.08. The molecule has 1 heterocycles. The van der Waals surface area contributed by atoms with Crippen molar-refractivity contribution in [1.29, 1.82) is 0 Å². The molecule has 1 unspecified atom stereocenters. The van der Waals surface area contributed by atoms with E-state index in [2.05, 4.69) is 10.6 Å². The second-order valence-electron chi connectivity index (χ2n) is 4.47. The molecule has 88 valence electrons. The number of nitrogens with two attached hydrogens (primary N) is 1. The number of carbonyl (C=O) groups excluding carboxylic acids is 1. The van der Waals surface area contributed by atoms with Gasteiger partial charge < -0.3 is 16.4 Å². The van der Waals surface area contributed by atoms with Gasteiger partial charge in [0, 0.05) is 6.54 Å². The van der Waals surface area contributed by atoms with Crippen molar-refractivity contribution in [2.24, 2.45) is 5.73 Å². The summed E-state index contributed by atoms with van der Waals surface area (Å²) in [4.78, 5) is 11.9. The summed E-state index contributed by atoms with van der Waals surface area (Å²) < 4.78 is 0. The van der Waals surface area contributed by atoms with Crippen molar-refractivity contribution < 1.29 is 4.79 Å². The van der Waals surface area contributed by atoms with Gasteiger partial charge in [-0.2, -0.15) is 0 Å². The summed E-state index contributed by atoms with van der Waals surface area (Å²) >= 11 is 0. The number of unbranched alkanes of at least 4 members (excludes halogenated alkanes) is 1. The van der Waals surface area contributed by atoms with Gasteiger partial charge in [0.1, 0.15) is 0 Å². The molecule has 1 aliphatic rings. The van der Waals surface area contributed by atoms with E-state index in [0.717, 1.165) is 38.8 Å². The van der Waals surface area contributed by atoms with Crippen LogP contribution in [0.5, 0.6) is 0 Å². The van der Waals surface area contributed by atoms with Crippen molar-refractivity contribution in [2.45, 2.75) is 44.6 Å². The molecule has 0 aromatic heterocycles. The van der Waals surface area contributed by atoms with E-state index in [1.807, 2.05) is 6.92 Å². The quantitative estimate of drug-likeness (QED) is 0.578. The molecule has 1 atom stereocenters. The number of amides is 1. The van der Waals surface area contributed by atoms with Crippen molar-refractivity contribution >= 4 is 5.91 Å². The zero-order valence-electron chi connectivity index (χ0n) is 9.64. The molecule has 1 amide bonds. The Morgan fingerprint density at radius 2 is 2.27 bits per heavy atom. The first-order chi connectivity index (χ1) is 7.19. The Labute approximate surface area is 92.0 Å². The molecule has 4 heteroatoms. The Hall–Kier alpha value is -0.610. The van der Waals surface area contributed by atoms with E-state index in [9.17, 15) is 4.79 Å². The van der Waals surface area contributed by atoms with E-state index >= 15 is 0 Å². The predicted molar refractivity (Wildman–Crippen MR) is 61.6 cm³/mol. The number of piperidine rings is 1. The molecule has 1 fully saturated rings. The van der Waals surface area contributed by atoms with Crippen LogP contribution in [0.1, 0.15) is 39.0 Å². The summed E-state index contributed by atoms with van der Waals surface area (Å²) in [5.74, 6) is 0.138. The van der Waals surface area contributed by atoms with Gasteiger partial charge in [0.05, 0.1) is 5.54 Å². The third kappa shape index (κ3) is 3.80. The highest BCUT2D eigenvalue weighted by atomic mass is 16.2. The highest BCUT2D eigenvalue weighted by Crippen LogP contribution is 2.18. The number of nitrogens with one attached hydrogen (secondary N) is 2. The predicted octanol–water partition coefficient (Wildman–Crippen LogP) is 0.374. The maximum absolute atomic E-state index is 11.9. The molecule has 0 aliphatic carbocycles. The SMILES string of the molecule is CC1(C(=O)NCCCCN)CCCCN1. The first kappa shape index (κ1) is 12.5. The summed E-state index contributed by atoms with van der Waals surface area (Å²) in [7, 11) is 0. The topological polar surface area (TPSA) is 67.2 Å². The Balaban J connectivity index is 2.25. The van der Waals surface area contributed by atoms with E-state index in [0.29, 0.717) is 6.54 Å². The molecule has 0 radical (unpaired) electrons. The minimum Gasteiger partial charge on any atom is -0.355 e. The van der Waals surface area contributed by atoms with Crippen LogP contribution in [0.15, 0.2) is 0 Å². The Kier molecular flexibility index (Phi) is 5.05. The first-order valence-corrected chi connectivity index (χ1v) is 5.92. The molecule has 15 heavy (non-hydrogen) atoms. The number of rotatable bonds is 5. The zero-order chi connectivity index (χ0) is 11.1. The molecule has 4 nitrogen and oxygen atoms in total. The van der Waals surface area contributed by atoms with E-state index in [1.165, 1.54) is 6.42 Å². The van der Waals surface area contributed by atoms with E-state index in [1.54, 1.807) is 0 Å². The van der Waals surface area contributed by atoms with E-state index in [-0.39, 0.29) is 11.4 Å². The normalized spacial score (nSPS) is 26.3. The largest absolute Gasteiger partial charge is 0.355 e. The summed E-state index contributed by atoms with van der Waals surface area (Å²) in [6, 6.07) is 0. The summed E-state index contributed by atoms with van der Waals surface area (Å²) in [6.07, 6.45) is 5.20. The standard InChI is InChI=1S/C11H23N3O/c1-11(6-2-4-9-14-11)10(15)13-8-5-3-7-12/h14H,2-9,12H2,1H3,(H,13,15). The number of hydrogen-bond donors (Lipinski definition) is 3. The fourth-order valence-corrected chi connectivity index (χ4v) is 1.92. The summed E-state index contributed by atoms with van der Waals surface area (Å²) in [5.41, 5.74) is 5.04. The molecular formula is C11H23N3O. The van der Waals surface area contributed by atoms with Crippen LogP contribution >= 0.6 is 0 Å². The maximum atomic E-state index is 11.9. The summed E-state index contributed by atoms with van der Waals surface area (Å²) in [5, 5.41) is 6.27. The lowest BCUT2D eigenvalue weighted by Crippen LogP contribution is -2.57. The fraction of sp³-hybridized carbons (Fsp3) is 0.909. The van der Waals surface area contributed by atoms with Gasteiger partial charge in [-0.25, -0.2) is 0 Å². The third-order valence-corrected chi connectivity index (χ3v) is 3.04. The number of hydrogen-bond acceptors (Lipinski definition) is 3. The van der Waals surface area contributed by atoms with Crippen LogP contribution in [0.4, 0.5) is 0 Å². The van der Waals surface area contributed by atoms with Gasteiger partial charge >= 0.3 is 0 Å². The fourth-order valence-electron chi connectivity index (χ4n) is 1.92. The van der Waals surface area contributed by atoms with E-state index < -0.39 is 0 Å². The van der Waals surface area contributed by atoms with Crippen molar-refractivity contribution in [1.82, 2.24) is 10.6 Å². The molecule has 1 saturated heterocycles. The molecule has 0 aromatic carbocycles. The van der Waals surface area contributed by atoms with Crippen LogP contribution in [0.3, 0.4) is 0 Å². The smallest absolute Gasteiger partial charge is 0.240 e. The Morgan fingerprint density at radius 3 is 2.87 bits per heavy atom. The highest BCUT2D eigenvalue weighted by molar-refractivity contribution is 5.85. The van der Waals surface area contributed by atoms with Crippen LogP contribution < -0.4 is 16.4 Å². The average molecular weight is 213 g/mol. The van der Waals surface area contributed by atoms with Gasteiger partial charge in [0.2, 0.25) is 5.91 Å². The summed E-state index contributed by atoms with van der Waals surface area (Å²) in [6.45, 7) is 4.38. The van der Waals surface area contributed by atoms with Crippen LogP contribution in [-0.4, -0.2) is 31.1 Å². The van der Waals surface area contributed by atoms with Gasteiger partial charge in [0.25, 0.3) is 0 Å². The van der Waals surface area contributed by atoms with E-state index in [4.69, 9.17) is 5.73 Å². The molecular weight excluding hydrogens is 190 g/mol. The highest BCUT2D eigenvalue weighted by Gasteiger charge is 2.33. The molecule has 0 saturated carbocycles. The lowest BCUT2D eigenvalue weighted by atomic mass is 9.90. The maximum Gasteiger partial charge on any atom is 0.240 e. The zero-order valence-corrected chi connectivity index (χ0v) is 9.64. The molecule has 4 N–H and O–H groups in total. The van der Waals surface area contributed by atoms with Gasteiger partial charge in [-0.3, -0.25) is 4.79 Å². The minimum atomic E-state index is -0.346. The molecule has 1 aliphatic heterocycles. The van der Waals surface area contributed by atoms with Crippen molar-refractivity contribution in [3.63, 3.8) is 0 Å². The number of carbonyl (C=O) groups is 1. The average Bonchev–Trinajstić information content (AvgIpc) is 2.25. The van der Waals surface area contributed by atoms with Crippen LogP contribution in [0.2, 0.25) is 0 Å². The van der Waals surface area contributed by atoms with Gasteiger partial charge in [0.15, 0.2) is 0 Å². The molecule has 0 spiro atoms. The molecule has 0 aromatic rings. The van der Waals surface area contributed by atoms with Crippen molar-refractivity contribution in [2.75, 3.05) is 19.6 Å². The lowest BCUT2D eigenvalue weighted by Gasteiger charge is -2.33. The third-order valence-electron chi connectivity index (χ3n) is 3.04. The van der Waals surface area contributed by atoms with Gasteiger partial charge in [-0.15, -0.1) is 0 Å². The second-order valence-corrected chi connectivity index (χ2v) is 4.47. The minimum absolute atomic E-state index is 0.138. The Morgan fingerprint density at radius 1 is 1.47 bits per heavy atom. The van der Waals surface area contributed by atoms with Crippen molar-refractivity contribution in [3.8, 4) is 0 Å². The van der Waals surface area contributed by atoms with Crippen molar-refractivity contribution in [3.05, 3.63) is 0 Å². The van der Waals surface area contributed by atoms with Crippen LogP contribution in [0.25, 0.3) is 0 Å².